The van der Waals surface area contributed by atoms with Crippen molar-refractivity contribution in [2.75, 3.05) is 0 Å². The zero-order chi connectivity index (χ0) is 13.9. The summed E-state index contributed by atoms with van der Waals surface area (Å²) in [5.41, 5.74) is 2.23. The lowest BCUT2D eigenvalue weighted by molar-refractivity contribution is 0.442. The fraction of sp³-hybridized carbons (Fsp3) is 0.333. The second kappa shape index (κ2) is 5.46. The van der Waals surface area contributed by atoms with E-state index in [1.807, 2.05) is 18.2 Å². The molecule has 0 fully saturated rings. The third-order valence-corrected chi connectivity index (χ3v) is 3.52. The second-order valence-corrected chi connectivity index (χ2v) is 4.83. The van der Waals surface area contributed by atoms with E-state index in [-0.39, 0.29) is 6.04 Å². The molecule has 0 aliphatic heterocycles. The lowest BCUT2D eigenvalue weighted by Crippen LogP contribution is -2.19. The Balaban J connectivity index is 1.85. The van der Waals surface area contributed by atoms with Crippen LogP contribution < -0.4 is 5.32 Å². The summed E-state index contributed by atoms with van der Waals surface area (Å²) in [7, 11) is 0. The molecule has 5 heteroatoms. The molecule has 2 heterocycles. The number of H-pyrrole nitrogens is 1. The van der Waals surface area contributed by atoms with E-state index in [9.17, 15) is 0 Å². The molecule has 2 aromatic heterocycles. The molecule has 0 amide bonds. The average Bonchev–Trinajstić information content (AvgIpc) is 3.11. The number of para-hydroxylation sites is 1. The minimum Gasteiger partial charge on any atom is -0.459 e. The van der Waals surface area contributed by atoms with Gasteiger partial charge in [-0.25, -0.2) is 4.98 Å². The third kappa shape index (κ3) is 2.32. The predicted molar refractivity (Wildman–Crippen MR) is 77.2 cm³/mol. The highest BCUT2D eigenvalue weighted by Gasteiger charge is 2.17. The highest BCUT2D eigenvalue weighted by molar-refractivity contribution is 5.82. The van der Waals surface area contributed by atoms with Gasteiger partial charge in [0.25, 0.3) is 0 Å². The van der Waals surface area contributed by atoms with Gasteiger partial charge in [-0.05, 0) is 19.4 Å². The molecule has 0 spiro atoms. The minimum atomic E-state index is 0.127. The van der Waals surface area contributed by atoms with Gasteiger partial charge in [-0.15, -0.1) is 0 Å². The number of aryl methyl sites for hydroxylation is 1. The number of hydrogen-bond donors (Lipinski definition) is 2. The first kappa shape index (κ1) is 12.9. The standard InChI is InChI=1S/C15H18N4O/c1-3-11-12-6-4-5-7-13(12)20-15(11)10(2)16-8-14-17-9-18-19-14/h4-7,9-10,16H,3,8H2,1-2H3,(H,17,18,19). The van der Waals surface area contributed by atoms with Gasteiger partial charge in [-0.1, -0.05) is 25.1 Å². The van der Waals surface area contributed by atoms with Gasteiger partial charge >= 0.3 is 0 Å². The van der Waals surface area contributed by atoms with Gasteiger partial charge in [-0.3, -0.25) is 5.10 Å². The maximum absolute atomic E-state index is 6.01. The van der Waals surface area contributed by atoms with Gasteiger partial charge in [-0.2, -0.15) is 5.10 Å². The largest absolute Gasteiger partial charge is 0.459 e. The fourth-order valence-corrected chi connectivity index (χ4v) is 2.49. The molecule has 0 aliphatic rings. The topological polar surface area (TPSA) is 66.7 Å². The Bertz CT molecular complexity index is 687. The second-order valence-electron chi connectivity index (χ2n) is 4.83. The van der Waals surface area contributed by atoms with E-state index in [2.05, 4.69) is 40.4 Å². The number of rotatable bonds is 5. The van der Waals surface area contributed by atoms with Crippen molar-refractivity contribution < 1.29 is 4.42 Å². The number of furan rings is 1. The molecule has 2 N–H and O–H groups in total. The van der Waals surface area contributed by atoms with E-state index in [1.165, 1.54) is 17.3 Å². The highest BCUT2D eigenvalue weighted by Crippen LogP contribution is 2.30. The van der Waals surface area contributed by atoms with E-state index < -0.39 is 0 Å². The maximum atomic E-state index is 6.01. The van der Waals surface area contributed by atoms with E-state index in [4.69, 9.17) is 4.42 Å². The van der Waals surface area contributed by atoms with Crippen LogP contribution in [0.1, 0.15) is 37.0 Å². The molecule has 1 aromatic carbocycles. The van der Waals surface area contributed by atoms with E-state index in [1.54, 1.807) is 0 Å². The molecule has 1 atom stereocenters. The van der Waals surface area contributed by atoms with Crippen LogP contribution in [0.5, 0.6) is 0 Å². The van der Waals surface area contributed by atoms with Crippen molar-refractivity contribution in [1.29, 1.82) is 0 Å². The lowest BCUT2D eigenvalue weighted by atomic mass is 10.1. The predicted octanol–water partition coefficient (Wildman–Crippen LogP) is 2.96. The molecule has 0 saturated heterocycles. The van der Waals surface area contributed by atoms with Crippen LogP contribution in [0.3, 0.4) is 0 Å². The Morgan fingerprint density at radius 1 is 1.35 bits per heavy atom. The molecule has 1 unspecified atom stereocenters. The Labute approximate surface area is 117 Å². The summed E-state index contributed by atoms with van der Waals surface area (Å²) in [6.45, 7) is 4.90. The summed E-state index contributed by atoms with van der Waals surface area (Å²) in [4.78, 5) is 4.11. The lowest BCUT2D eigenvalue weighted by Gasteiger charge is -2.11. The number of aromatic amines is 1. The van der Waals surface area contributed by atoms with Gasteiger partial charge in [0, 0.05) is 10.9 Å². The minimum absolute atomic E-state index is 0.127. The van der Waals surface area contributed by atoms with Crippen LogP contribution in [0, 0.1) is 0 Å². The average molecular weight is 270 g/mol. The van der Waals surface area contributed by atoms with Crippen LogP contribution in [0.25, 0.3) is 11.0 Å². The quantitative estimate of drug-likeness (QED) is 0.748. The summed E-state index contributed by atoms with van der Waals surface area (Å²) in [5.74, 6) is 1.83. The summed E-state index contributed by atoms with van der Waals surface area (Å²) in [6, 6.07) is 8.31. The number of nitrogens with one attached hydrogen (secondary N) is 2. The maximum Gasteiger partial charge on any atom is 0.138 e. The Morgan fingerprint density at radius 2 is 2.20 bits per heavy atom. The van der Waals surface area contributed by atoms with Gasteiger partial charge in [0.1, 0.15) is 23.5 Å². The molecular weight excluding hydrogens is 252 g/mol. The van der Waals surface area contributed by atoms with Crippen LogP contribution in [-0.2, 0) is 13.0 Å². The van der Waals surface area contributed by atoms with Gasteiger partial charge in [0.15, 0.2) is 0 Å². The fourth-order valence-electron chi connectivity index (χ4n) is 2.49. The Morgan fingerprint density at radius 3 is 2.95 bits per heavy atom. The van der Waals surface area contributed by atoms with E-state index in [0.717, 1.165) is 23.6 Å². The number of hydrogen-bond acceptors (Lipinski definition) is 4. The van der Waals surface area contributed by atoms with Gasteiger partial charge < -0.3 is 9.73 Å². The number of benzene rings is 1. The van der Waals surface area contributed by atoms with Crippen LogP contribution in [0.2, 0.25) is 0 Å². The van der Waals surface area contributed by atoms with Crippen LogP contribution in [0.4, 0.5) is 0 Å². The zero-order valence-corrected chi connectivity index (χ0v) is 11.7. The number of nitrogens with zero attached hydrogens (tertiary/aromatic N) is 2. The van der Waals surface area contributed by atoms with Crippen LogP contribution in [-0.4, -0.2) is 15.2 Å². The molecule has 104 valence electrons. The highest BCUT2D eigenvalue weighted by atomic mass is 16.3. The molecule has 20 heavy (non-hydrogen) atoms. The Kier molecular flexibility index (Phi) is 3.52. The van der Waals surface area contributed by atoms with Crippen LogP contribution >= 0.6 is 0 Å². The Hall–Kier alpha value is -2.14. The van der Waals surface area contributed by atoms with Crippen LogP contribution in [0.15, 0.2) is 35.0 Å². The van der Waals surface area contributed by atoms with Crippen molar-refractivity contribution in [2.45, 2.75) is 32.9 Å². The van der Waals surface area contributed by atoms with Crippen molar-refractivity contribution in [1.82, 2.24) is 20.5 Å². The molecule has 0 saturated carbocycles. The summed E-state index contributed by atoms with van der Waals surface area (Å²) < 4.78 is 6.01. The summed E-state index contributed by atoms with van der Waals surface area (Å²) in [5, 5.41) is 11.3. The molecule has 0 aliphatic carbocycles. The molecular formula is C15H18N4O. The van der Waals surface area contributed by atoms with Gasteiger partial charge in [0.05, 0.1) is 12.6 Å². The summed E-state index contributed by atoms with van der Waals surface area (Å²) in [6.07, 6.45) is 2.47. The SMILES string of the molecule is CCc1c(C(C)NCc2ncn[nH]2)oc2ccccc12. The van der Waals surface area contributed by atoms with E-state index >= 15 is 0 Å². The molecule has 5 nitrogen and oxygen atoms in total. The smallest absolute Gasteiger partial charge is 0.138 e. The first-order chi connectivity index (χ1) is 9.79. The van der Waals surface area contributed by atoms with Crippen molar-refractivity contribution in [3.8, 4) is 0 Å². The normalized spacial score (nSPS) is 12.9. The first-order valence-corrected chi connectivity index (χ1v) is 6.87. The number of fused-ring (bicyclic) bond motifs is 1. The van der Waals surface area contributed by atoms with Crippen molar-refractivity contribution >= 4 is 11.0 Å². The van der Waals surface area contributed by atoms with Crippen molar-refractivity contribution in [3.63, 3.8) is 0 Å². The molecule has 0 bridgehead atoms. The monoisotopic (exact) mass is 270 g/mol. The molecule has 3 rings (SSSR count). The van der Waals surface area contributed by atoms with E-state index in [0.29, 0.717) is 6.54 Å². The summed E-state index contributed by atoms with van der Waals surface area (Å²) >= 11 is 0. The number of aromatic nitrogens is 3. The third-order valence-electron chi connectivity index (χ3n) is 3.52. The zero-order valence-electron chi connectivity index (χ0n) is 11.7. The van der Waals surface area contributed by atoms with Crippen molar-refractivity contribution in [2.24, 2.45) is 0 Å². The molecule has 3 aromatic rings. The van der Waals surface area contributed by atoms with Gasteiger partial charge in [0.2, 0.25) is 0 Å². The van der Waals surface area contributed by atoms with Crippen molar-refractivity contribution in [3.05, 3.63) is 47.7 Å². The molecule has 0 radical (unpaired) electrons. The first-order valence-electron chi connectivity index (χ1n) is 6.87.